The van der Waals surface area contributed by atoms with E-state index in [4.69, 9.17) is 0 Å². The lowest BCUT2D eigenvalue weighted by Gasteiger charge is -2.34. The highest BCUT2D eigenvalue weighted by Crippen LogP contribution is 2.33. The van der Waals surface area contributed by atoms with Gasteiger partial charge in [0.25, 0.3) is 0 Å². The van der Waals surface area contributed by atoms with Crippen LogP contribution < -0.4 is 5.32 Å². The lowest BCUT2D eigenvalue weighted by Crippen LogP contribution is -2.44. The number of hydrogen-bond donors (Lipinski definition) is 1. The smallest absolute Gasteiger partial charge is 0.342 e. The van der Waals surface area contributed by atoms with Crippen LogP contribution in [0.1, 0.15) is 38.5 Å². The Morgan fingerprint density at radius 3 is 2.60 bits per heavy atom. The number of halogens is 4. The summed E-state index contributed by atoms with van der Waals surface area (Å²) in [6.45, 7) is 1.31. The van der Waals surface area contributed by atoms with Crippen molar-refractivity contribution in [2.45, 2.75) is 50.7 Å². The molecule has 0 bridgehead atoms. The molecule has 0 radical (unpaired) electrons. The van der Waals surface area contributed by atoms with Crippen molar-refractivity contribution in [3.8, 4) is 0 Å². The molecule has 7 heteroatoms. The lowest BCUT2D eigenvalue weighted by atomic mass is 9.97. The molecule has 2 aliphatic rings. The Morgan fingerprint density at radius 1 is 1.25 bits per heavy atom. The van der Waals surface area contributed by atoms with Gasteiger partial charge in [0.2, 0.25) is 5.91 Å². The molecule has 0 spiro atoms. The second-order valence-corrected chi connectivity index (χ2v) is 5.55. The van der Waals surface area contributed by atoms with E-state index in [1.54, 1.807) is 0 Å². The van der Waals surface area contributed by atoms with Crippen LogP contribution in [0.25, 0.3) is 0 Å². The second-order valence-electron chi connectivity index (χ2n) is 5.55. The van der Waals surface area contributed by atoms with Gasteiger partial charge < -0.3 is 10.2 Å². The fraction of sp³-hybridized carbons (Fsp3) is 0.923. The monoisotopic (exact) mass is 314 g/mol. The van der Waals surface area contributed by atoms with Gasteiger partial charge in [0.15, 0.2) is 0 Å². The van der Waals surface area contributed by atoms with Crippen molar-refractivity contribution in [3.05, 3.63) is 0 Å². The Morgan fingerprint density at radius 2 is 2.00 bits per heavy atom. The molecular weight excluding hydrogens is 293 g/mol. The third-order valence-corrected chi connectivity index (χ3v) is 4.11. The fourth-order valence-electron chi connectivity index (χ4n) is 2.93. The van der Waals surface area contributed by atoms with Crippen molar-refractivity contribution in [1.82, 2.24) is 10.2 Å². The van der Waals surface area contributed by atoms with Crippen molar-refractivity contribution in [1.29, 1.82) is 0 Å². The minimum absolute atomic E-state index is 0. The molecule has 2 rings (SSSR count). The third-order valence-electron chi connectivity index (χ3n) is 4.11. The number of nitrogens with zero attached hydrogens (tertiary/aromatic N) is 1. The molecule has 20 heavy (non-hydrogen) atoms. The standard InChI is InChI=1S/C13H21F3N2O.ClH/c14-13(15,16)10-3-2-8-18(9-10)12(19)6-5-11-4-1-7-17-11;/h10-11,17H,1-9H2;1H. The van der Waals surface area contributed by atoms with Gasteiger partial charge in [-0.3, -0.25) is 4.79 Å². The Labute approximate surface area is 123 Å². The maximum atomic E-state index is 12.7. The summed E-state index contributed by atoms with van der Waals surface area (Å²) < 4.78 is 38.0. The highest BCUT2D eigenvalue weighted by atomic mass is 35.5. The Balaban J connectivity index is 0.00000200. The molecule has 0 saturated carbocycles. The molecule has 1 amide bonds. The summed E-state index contributed by atoms with van der Waals surface area (Å²) in [6, 6.07) is 0.368. The Hall–Kier alpha value is -0.490. The molecule has 0 aromatic heterocycles. The largest absolute Gasteiger partial charge is 0.393 e. The highest BCUT2D eigenvalue weighted by Gasteiger charge is 2.42. The zero-order valence-electron chi connectivity index (χ0n) is 11.4. The van der Waals surface area contributed by atoms with Crippen LogP contribution in [0.4, 0.5) is 13.2 Å². The molecule has 2 heterocycles. The van der Waals surface area contributed by atoms with E-state index in [2.05, 4.69) is 5.32 Å². The van der Waals surface area contributed by atoms with Crippen molar-refractivity contribution in [2.75, 3.05) is 19.6 Å². The summed E-state index contributed by atoms with van der Waals surface area (Å²) in [5.74, 6) is -1.46. The van der Waals surface area contributed by atoms with Gasteiger partial charge >= 0.3 is 6.18 Å². The number of hydrogen-bond acceptors (Lipinski definition) is 2. The van der Waals surface area contributed by atoms with Crippen molar-refractivity contribution in [3.63, 3.8) is 0 Å². The second kappa shape index (κ2) is 7.50. The van der Waals surface area contributed by atoms with Crippen LogP contribution in [0.15, 0.2) is 0 Å². The lowest BCUT2D eigenvalue weighted by molar-refractivity contribution is -0.188. The van der Waals surface area contributed by atoms with Crippen LogP contribution in [-0.2, 0) is 4.79 Å². The van der Waals surface area contributed by atoms with Gasteiger partial charge in [-0.25, -0.2) is 0 Å². The number of alkyl halides is 3. The maximum absolute atomic E-state index is 12.7. The molecule has 2 fully saturated rings. The van der Waals surface area contributed by atoms with E-state index in [1.165, 1.54) is 4.90 Å². The summed E-state index contributed by atoms with van der Waals surface area (Å²) in [4.78, 5) is 13.4. The first-order valence-corrected chi connectivity index (χ1v) is 7.04. The zero-order valence-corrected chi connectivity index (χ0v) is 12.2. The van der Waals surface area contributed by atoms with Crippen LogP contribution in [0.5, 0.6) is 0 Å². The van der Waals surface area contributed by atoms with E-state index in [0.29, 0.717) is 25.4 Å². The molecule has 2 atom stereocenters. The first-order chi connectivity index (χ1) is 8.97. The molecule has 2 saturated heterocycles. The highest BCUT2D eigenvalue weighted by molar-refractivity contribution is 5.85. The number of piperidine rings is 1. The molecule has 3 nitrogen and oxygen atoms in total. The van der Waals surface area contributed by atoms with Crippen LogP contribution in [0.2, 0.25) is 0 Å². The minimum Gasteiger partial charge on any atom is -0.342 e. The van der Waals surface area contributed by atoms with E-state index in [-0.39, 0.29) is 31.3 Å². The SMILES string of the molecule is Cl.O=C(CCC1CCCN1)N1CCCC(C(F)(F)F)C1. The number of carbonyl (C=O) groups is 1. The first-order valence-electron chi connectivity index (χ1n) is 7.04. The number of likely N-dealkylation sites (tertiary alicyclic amines) is 1. The third kappa shape index (κ3) is 4.81. The van der Waals surface area contributed by atoms with Gasteiger partial charge in [0.05, 0.1) is 5.92 Å². The van der Waals surface area contributed by atoms with Crippen molar-refractivity contribution >= 4 is 18.3 Å². The number of amides is 1. The van der Waals surface area contributed by atoms with Gasteiger partial charge in [-0.15, -0.1) is 12.4 Å². The molecule has 0 aromatic rings. The maximum Gasteiger partial charge on any atom is 0.393 e. The molecule has 0 aliphatic carbocycles. The molecule has 118 valence electrons. The fourth-order valence-corrected chi connectivity index (χ4v) is 2.93. The summed E-state index contributed by atoms with van der Waals surface area (Å²) in [5.41, 5.74) is 0. The summed E-state index contributed by atoms with van der Waals surface area (Å²) in [6.07, 6.45) is -0.271. The van der Waals surface area contributed by atoms with Gasteiger partial charge in [-0.2, -0.15) is 13.2 Å². The molecule has 2 aliphatic heterocycles. The predicted octanol–water partition coefficient (Wildman–Crippen LogP) is 2.74. The number of carbonyl (C=O) groups excluding carboxylic acids is 1. The normalized spacial score (nSPS) is 27.2. The van der Waals surface area contributed by atoms with Gasteiger partial charge in [0.1, 0.15) is 0 Å². The van der Waals surface area contributed by atoms with Gasteiger partial charge in [-0.1, -0.05) is 0 Å². The Bertz CT molecular complexity index is 319. The summed E-state index contributed by atoms with van der Waals surface area (Å²) >= 11 is 0. The topological polar surface area (TPSA) is 32.3 Å². The average Bonchev–Trinajstić information content (AvgIpc) is 2.88. The average molecular weight is 315 g/mol. The van der Waals surface area contributed by atoms with E-state index in [9.17, 15) is 18.0 Å². The molecule has 1 N–H and O–H groups in total. The van der Waals surface area contributed by atoms with E-state index >= 15 is 0 Å². The van der Waals surface area contributed by atoms with Crippen LogP contribution >= 0.6 is 12.4 Å². The van der Waals surface area contributed by atoms with E-state index < -0.39 is 12.1 Å². The molecule has 2 unspecified atom stereocenters. The van der Waals surface area contributed by atoms with E-state index in [1.807, 2.05) is 0 Å². The molecular formula is C13H22ClF3N2O. The van der Waals surface area contributed by atoms with Crippen LogP contribution in [-0.4, -0.2) is 42.7 Å². The number of rotatable bonds is 3. The van der Waals surface area contributed by atoms with Crippen LogP contribution in [0.3, 0.4) is 0 Å². The minimum atomic E-state index is -4.17. The van der Waals surface area contributed by atoms with Crippen molar-refractivity contribution in [2.24, 2.45) is 5.92 Å². The number of nitrogens with one attached hydrogen (secondary N) is 1. The van der Waals surface area contributed by atoms with E-state index in [0.717, 1.165) is 25.8 Å². The van der Waals surface area contributed by atoms with Crippen molar-refractivity contribution < 1.29 is 18.0 Å². The summed E-state index contributed by atoms with van der Waals surface area (Å²) in [7, 11) is 0. The zero-order chi connectivity index (χ0) is 13.9. The quantitative estimate of drug-likeness (QED) is 0.869. The van der Waals surface area contributed by atoms with Crippen LogP contribution in [0, 0.1) is 5.92 Å². The summed E-state index contributed by atoms with van der Waals surface area (Å²) in [5, 5.41) is 3.30. The predicted molar refractivity (Wildman–Crippen MR) is 72.9 cm³/mol. The van der Waals surface area contributed by atoms with Gasteiger partial charge in [0, 0.05) is 25.6 Å². The Kier molecular flexibility index (Phi) is 6.58. The van der Waals surface area contributed by atoms with Gasteiger partial charge in [-0.05, 0) is 38.6 Å². The first kappa shape index (κ1) is 17.6. The molecule has 0 aromatic carbocycles.